The van der Waals surface area contributed by atoms with Gasteiger partial charge in [0.15, 0.2) is 0 Å². The molecule has 450 valence electrons. The van der Waals surface area contributed by atoms with Crippen LogP contribution in [0.1, 0.15) is 91.2 Å². The molecular formula is C82H74O8. The molecule has 0 amide bonds. The normalized spacial score (nSPS) is 16.7. The molecule has 11 aromatic rings. The van der Waals surface area contributed by atoms with Gasteiger partial charge in [0.25, 0.3) is 0 Å². The van der Waals surface area contributed by atoms with Crippen molar-refractivity contribution in [2.24, 2.45) is 0 Å². The first-order valence-electron chi connectivity index (χ1n) is 32.1. The minimum absolute atomic E-state index is 0.166. The Bertz CT molecular complexity index is 3740. The molecule has 0 radical (unpaired) electrons. The van der Waals surface area contributed by atoms with Crippen LogP contribution < -0.4 is 0 Å². The average molecular weight is 1190 g/mol. The van der Waals surface area contributed by atoms with E-state index in [1.165, 1.54) is 66.1 Å². The molecule has 0 aliphatic heterocycles. The second kappa shape index (κ2) is 27.0. The lowest BCUT2D eigenvalue weighted by Gasteiger charge is -2.29. The Labute approximate surface area is 527 Å². The fourth-order valence-electron chi connectivity index (χ4n) is 13.5. The molecule has 8 nitrogen and oxygen atoms in total. The minimum atomic E-state index is 0.166. The van der Waals surface area contributed by atoms with Crippen LogP contribution in [0.15, 0.2) is 231 Å². The van der Waals surface area contributed by atoms with Gasteiger partial charge in [0, 0.05) is 25.7 Å². The summed E-state index contributed by atoms with van der Waals surface area (Å²) in [5.74, 6) is 0. The third-order valence-corrected chi connectivity index (χ3v) is 18.7. The van der Waals surface area contributed by atoms with Crippen molar-refractivity contribution in [2.75, 3.05) is 52.9 Å². The Balaban J connectivity index is 0.703. The minimum Gasteiger partial charge on any atom is -0.374 e. The zero-order valence-corrected chi connectivity index (χ0v) is 50.8. The van der Waals surface area contributed by atoms with Crippen molar-refractivity contribution in [1.82, 2.24) is 0 Å². The number of rotatable bonds is 28. The predicted molar refractivity (Wildman–Crippen MR) is 357 cm³/mol. The van der Waals surface area contributed by atoms with Crippen molar-refractivity contribution in [3.05, 3.63) is 297 Å². The summed E-state index contributed by atoms with van der Waals surface area (Å²) >= 11 is 0. The summed E-state index contributed by atoms with van der Waals surface area (Å²) in [5.41, 5.74) is 24.4. The van der Waals surface area contributed by atoms with Crippen LogP contribution in [0.25, 0.3) is 66.1 Å². The average Bonchev–Trinajstić information content (AvgIpc) is 1.19. The molecule has 0 saturated heterocycles. The lowest BCUT2D eigenvalue weighted by molar-refractivity contribution is -0.0101. The van der Waals surface area contributed by atoms with E-state index in [1.54, 1.807) is 0 Å². The summed E-state index contributed by atoms with van der Waals surface area (Å²) in [6.07, 6.45) is 4.54. The third-order valence-electron chi connectivity index (χ3n) is 18.7. The highest BCUT2D eigenvalue weighted by atomic mass is 16.5. The topological polar surface area (TPSA) is 73.8 Å². The fraction of sp³-hybridized carbons (Fsp3) is 0.244. The number of hydrogen-bond donors (Lipinski definition) is 0. The summed E-state index contributed by atoms with van der Waals surface area (Å²) in [6.45, 7) is 6.46. The van der Waals surface area contributed by atoms with Gasteiger partial charge in [0.05, 0.1) is 104 Å². The Morgan fingerprint density at radius 3 is 0.678 bits per heavy atom. The van der Waals surface area contributed by atoms with Gasteiger partial charge >= 0.3 is 0 Å². The molecule has 0 heterocycles. The molecule has 11 aromatic carbocycles. The second-order valence-electron chi connectivity index (χ2n) is 24.3. The Kier molecular flexibility index (Phi) is 17.4. The molecule has 90 heavy (non-hydrogen) atoms. The Morgan fingerprint density at radius 2 is 0.456 bits per heavy atom. The van der Waals surface area contributed by atoms with Crippen LogP contribution in [0, 0.1) is 0 Å². The van der Waals surface area contributed by atoms with E-state index in [-0.39, 0.29) is 24.4 Å². The highest BCUT2D eigenvalue weighted by Gasteiger charge is 2.29. The summed E-state index contributed by atoms with van der Waals surface area (Å²) in [6, 6.07) is 83.8. The van der Waals surface area contributed by atoms with Crippen LogP contribution in [-0.4, -0.2) is 52.9 Å². The first kappa shape index (κ1) is 58.0. The van der Waals surface area contributed by atoms with Crippen molar-refractivity contribution in [3.63, 3.8) is 0 Å². The lowest BCUT2D eigenvalue weighted by Crippen LogP contribution is -2.21. The van der Waals surface area contributed by atoms with E-state index >= 15 is 0 Å². The molecule has 8 heteroatoms. The van der Waals surface area contributed by atoms with E-state index in [2.05, 4.69) is 231 Å². The van der Waals surface area contributed by atoms with Gasteiger partial charge < -0.3 is 37.9 Å². The van der Waals surface area contributed by atoms with Gasteiger partial charge in [-0.1, -0.05) is 218 Å². The highest BCUT2D eigenvalue weighted by Crippen LogP contribution is 2.45. The smallest absolute Gasteiger partial charge is 0.0869 e. The summed E-state index contributed by atoms with van der Waals surface area (Å²) < 4.78 is 49.4. The molecule has 0 saturated carbocycles. The summed E-state index contributed by atoms with van der Waals surface area (Å²) in [7, 11) is 0. The molecule has 4 aliphatic carbocycles. The van der Waals surface area contributed by atoms with Crippen LogP contribution in [0.4, 0.5) is 0 Å². The van der Waals surface area contributed by atoms with Gasteiger partial charge in [-0.2, -0.15) is 0 Å². The van der Waals surface area contributed by atoms with Gasteiger partial charge in [-0.3, -0.25) is 0 Å². The van der Waals surface area contributed by atoms with Crippen molar-refractivity contribution in [2.45, 2.75) is 76.5 Å². The first-order valence-corrected chi connectivity index (χ1v) is 32.1. The SMILES string of the molecule is c1ccc2c(c1)CC2OCCOCc1ccc(-c2ccc(-c3ccc(COCCOC4Cc5ccccc54)cc3)c3cc4c(-c5ccc(COCCOC6Cc7ccccc76)cc5)ccc(-c5ccc(COCCOC6Cc7ccccc76)cc5)c4cc23)cc1. The van der Waals surface area contributed by atoms with Gasteiger partial charge in [-0.05, 0) is 145 Å². The molecule has 0 bridgehead atoms. The summed E-state index contributed by atoms with van der Waals surface area (Å²) in [5, 5.41) is 4.70. The van der Waals surface area contributed by atoms with Crippen LogP contribution in [-0.2, 0) is 90.0 Å². The molecule has 0 N–H and O–H groups in total. The van der Waals surface area contributed by atoms with Gasteiger partial charge in [-0.15, -0.1) is 0 Å². The molecule has 0 spiro atoms. The van der Waals surface area contributed by atoms with E-state index in [4.69, 9.17) is 37.9 Å². The largest absolute Gasteiger partial charge is 0.374 e. The summed E-state index contributed by atoms with van der Waals surface area (Å²) in [4.78, 5) is 0. The molecule has 4 atom stereocenters. The first-order chi connectivity index (χ1) is 44.6. The lowest BCUT2D eigenvalue weighted by atomic mass is 9.85. The van der Waals surface area contributed by atoms with E-state index in [0.717, 1.165) is 92.4 Å². The van der Waals surface area contributed by atoms with E-state index in [0.29, 0.717) is 79.3 Å². The molecular weight excluding hydrogens is 1110 g/mol. The van der Waals surface area contributed by atoms with Crippen LogP contribution >= 0.6 is 0 Å². The maximum Gasteiger partial charge on any atom is 0.0869 e. The molecule has 4 unspecified atom stereocenters. The van der Waals surface area contributed by atoms with Crippen molar-refractivity contribution >= 4 is 21.5 Å². The van der Waals surface area contributed by atoms with Gasteiger partial charge in [-0.25, -0.2) is 0 Å². The van der Waals surface area contributed by atoms with Crippen molar-refractivity contribution in [1.29, 1.82) is 0 Å². The van der Waals surface area contributed by atoms with Crippen LogP contribution in [0.2, 0.25) is 0 Å². The Morgan fingerprint density at radius 1 is 0.233 bits per heavy atom. The van der Waals surface area contributed by atoms with Crippen molar-refractivity contribution in [3.8, 4) is 44.5 Å². The number of ether oxygens (including phenoxy) is 8. The van der Waals surface area contributed by atoms with Crippen LogP contribution in [0.5, 0.6) is 0 Å². The molecule has 4 aliphatic rings. The Hall–Kier alpha value is -8.38. The number of hydrogen-bond acceptors (Lipinski definition) is 8. The molecule has 0 aromatic heterocycles. The van der Waals surface area contributed by atoms with Gasteiger partial charge in [0.2, 0.25) is 0 Å². The molecule has 0 fully saturated rings. The third kappa shape index (κ3) is 12.6. The van der Waals surface area contributed by atoms with Crippen molar-refractivity contribution < 1.29 is 37.9 Å². The van der Waals surface area contributed by atoms with E-state index in [9.17, 15) is 0 Å². The zero-order chi connectivity index (χ0) is 60.0. The van der Waals surface area contributed by atoms with Gasteiger partial charge in [0.1, 0.15) is 0 Å². The fourth-order valence-corrected chi connectivity index (χ4v) is 13.5. The quantitative estimate of drug-likeness (QED) is 0.0355. The van der Waals surface area contributed by atoms with E-state index in [1.807, 2.05) is 0 Å². The van der Waals surface area contributed by atoms with E-state index < -0.39 is 0 Å². The second-order valence-corrected chi connectivity index (χ2v) is 24.3. The number of benzene rings is 11. The molecule has 15 rings (SSSR count). The maximum absolute atomic E-state index is 6.18. The monoisotopic (exact) mass is 1190 g/mol. The predicted octanol–water partition coefficient (Wildman–Crippen LogP) is 18.0. The standard InChI is InChI=1S/C82H74O8/c1-5-13-71-63(9-1)45-79(71)87-41-37-83-51-55-17-25-59(26-18-55)67-33-34-68(60-27-19-56(20-28-60)52-84-38-42-88-80-46-64-10-2-6-14-72(64)80)76-50-78-70(62-31-23-58(24-32-62)54-86-40-44-90-82-48-66-12-4-8-16-74(66)82)36-35-69(77(78)49-75(67)76)61-29-21-57(22-30-61)53-85-39-43-89-81-47-65-11-3-7-15-73(65)81/h1-36,49-50,79-82H,37-48,51-54H2. The highest BCUT2D eigenvalue weighted by molar-refractivity contribution is 6.16. The van der Waals surface area contributed by atoms with Crippen LogP contribution in [0.3, 0.4) is 0 Å². The number of fused-ring (bicyclic) bond motifs is 6. The maximum atomic E-state index is 6.18. The zero-order valence-electron chi connectivity index (χ0n) is 50.8.